The number of likely N-dealkylation sites (tertiary alicyclic amines) is 1. The van der Waals surface area contributed by atoms with Gasteiger partial charge in [0.15, 0.2) is 5.82 Å². The fourth-order valence-electron chi connectivity index (χ4n) is 8.81. The third-order valence-electron chi connectivity index (χ3n) is 13.1. The van der Waals surface area contributed by atoms with Crippen LogP contribution in [0.4, 0.5) is 13.2 Å². The Morgan fingerprint density at radius 2 is 1.52 bits per heavy atom. The van der Waals surface area contributed by atoms with Crippen LogP contribution < -0.4 is 26.8 Å². The fraction of sp³-hybridized carbons (Fsp3) is 0.491. The first-order valence-electron chi connectivity index (χ1n) is 26.4. The maximum absolute atomic E-state index is 14.4. The highest BCUT2D eigenvalue weighted by Gasteiger charge is 2.46. The standard InChI is InChI=1S/C53H67ClN10O9S2.C2HF3O2/c1-31-33(3)75-52-45(31)46(36-14-16-38(54)17-15-36)59-40(49-62-61-34(4)64(49)52)26-42(65)56-19-20-70-21-22-71-23-24-72-29-43(66)60-48(53(5,6)7)51(69)63-28-39(73-44(67)9-8-18-55)25-41(63)50(68)57-27-35-10-12-37(13-11-35)47-32(2)58-30-74-47;3-2(4,5)1(6)7/h10-17,30,39-41,48H,8-9,18-29,55H2,1-7H3,(H,56,65)(H,57,68)(H,60,66);(H,6,7)/t39-,40+,41+,48-;/m1./s1. The third-order valence-corrected chi connectivity index (χ3v) is 15.6. The molecule has 0 saturated carbocycles. The van der Waals surface area contributed by atoms with Gasteiger partial charge in [-0.2, -0.15) is 13.2 Å². The number of rotatable bonds is 24. The molecule has 82 heavy (non-hydrogen) atoms. The number of alkyl halides is 3. The van der Waals surface area contributed by atoms with Crippen LogP contribution in [0.15, 0.2) is 59.0 Å². The van der Waals surface area contributed by atoms with Gasteiger partial charge < -0.3 is 55.4 Å². The Balaban J connectivity index is 0.00000145. The summed E-state index contributed by atoms with van der Waals surface area (Å²) in [7, 11) is 0. The van der Waals surface area contributed by atoms with Crippen LogP contribution in [0.1, 0.15) is 97.0 Å². The van der Waals surface area contributed by atoms with Crippen LogP contribution in [0.25, 0.3) is 15.4 Å². The average molecular weight is 1200 g/mol. The number of aryl methyl sites for hydroxylation is 3. The van der Waals surface area contributed by atoms with Gasteiger partial charge >= 0.3 is 12.1 Å². The van der Waals surface area contributed by atoms with E-state index in [1.165, 1.54) is 4.90 Å². The number of halogens is 4. The SMILES string of the molecule is Cc1ncsc1-c1ccc(CNC(=O)[C@@H]2C[C@@H](OC(=O)CCC[NH3+])CN2C(=O)[C@@H](NC(=O)COCCOCCOCCNC(=O)C[C@@H]2N=C(c3ccc(Cl)cc3)c3c(sc(C)c3C)-n3c(C)nnc32)C(C)(C)C)cc1.O=C([O-])C(F)(F)F. The number of aliphatic carboxylic acids is 1. The number of nitrogens with one attached hydrogen (secondary N) is 3. The number of thiophene rings is 1. The molecule has 2 aliphatic rings. The summed E-state index contributed by atoms with van der Waals surface area (Å²) in [5.41, 5.74) is 11.4. The van der Waals surface area contributed by atoms with Gasteiger partial charge in [-0.1, -0.05) is 68.8 Å². The molecule has 1 fully saturated rings. The summed E-state index contributed by atoms with van der Waals surface area (Å²) in [6, 6.07) is 12.8. The largest absolute Gasteiger partial charge is 0.542 e. The lowest BCUT2D eigenvalue weighted by Crippen LogP contribution is -2.58. The van der Waals surface area contributed by atoms with E-state index in [0.29, 0.717) is 29.6 Å². The molecule has 5 aromatic rings. The lowest BCUT2D eigenvalue weighted by molar-refractivity contribution is -0.368. The minimum atomic E-state index is -5.19. The molecule has 1 saturated heterocycles. The minimum absolute atomic E-state index is 0.00422. The van der Waals surface area contributed by atoms with Crippen molar-refractivity contribution in [3.8, 4) is 15.4 Å². The number of carboxylic acid groups (broad SMARTS) is 1. The fourth-order valence-corrected chi connectivity index (χ4v) is 11.0. The Morgan fingerprint density at radius 1 is 0.878 bits per heavy atom. The van der Waals surface area contributed by atoms with E-state index in [2.05, 4.69) is 50.7 Å². The molecule has 6 N–H and O–H groups in total. The number of quaternary nitrogens is 1. The van der Waals surface area contributed by atoms with Gasteiger partial charge in [-0.05, 0) is 61.9 Å². The number of aromatic nitrogens is 4. The van der Waals surface area contributed by atoms with Gasteiger partial charge in [-0.15, -0.1) is 32.9 Å². The van der Waals surface area contributed by atoms with E-state index in [0.717, 1.165) is 54.0 Å². The summed E-state index contributed by atoms with van der Waals surface area (Å²) < 4.78 is 56.2. The number of nitrogens with zero attached hydrogens (tertiary/aromatic N) is 6. The molecule has 21 nitrogen and oxygen atoms in total. The summed E-state index contributed by atoms with van der Waals surface area (Å²) in [5.74, 6) is -3.72. The number of aliphatic imine (C=N–C) groups is 1. The highest BCUT2D eigenvalue weighted by Crippen LogP contribution is 2.40. The molecule has 0 bridgehead atoms. The molecule has 2 aliphatic heterocycles. The first-order valence-corrected chi connectivity index (χ1v) is 28.4. The number of hydrogen-bond acceptors (Lipinski definition) is 17. The predicted octanol–water partition coefficient (Wildman–Crippen LogP) is 4.47. The molecule has 7 rings (SSSR count). The number of hydrogen-bond donors (Lipinski definition) is 4. The topological polar surface area (TPSA) is 285 Å². The van der Waals surface area contributed by atoms with Crippen molar-refractivity contribution >= 4 is 75.6 Å². The van der Waals surface area contributed by atoms with Gasteiger partial charge in [0.2, 0.25) is 23.6 Å². The summed E-state index contributed by atoms with van der Waals surface area (Å²) in [4.78, 5) is 89.4. The van der Waals surface area contributed by atoms with E-state index < -0.39 is 65.5 Å². The Labute approximate surface area is 485 Å². The lowest BCUT2D eigenvalue weighted by Gasteiger charge is -2.35. The molecule has 2 aromatic carbocycles. The molecule has 0 radical (unpaired) electrons. The van der Waals surface area contributed by atoms with Gasteiger partial charge in [0, 0.05) is 47.0 Å². The van der Waals surface area contributed by atoms with E-state index in [1.54, 1.807) is 28.2 Å². The van der Waals surface area contributed by atoms with Crippen LogP contribution >= 0.6 is 34.3 Å². The molecule has 0 spiro atoms. The van der Waals surface area contributed by atoms with Crippen LogP contribution in [0.5, 0.6) is 0 Å². The van der Waals surface area contributed by atoms with Gasteiger partial charge in [0.25, 0.3) is 0 Å². The zero-order valence-corrected chi connectivity index (χ0v) is 49.0. The Bertz CT molecular complexity index is 3050. The number of amides is 4. The quantitative estimate of drug-likeness (QED) is 0.0490. The number of ether oxygens (including phenoxy) is 4. The van der Waals surface area contributed by atoms with Crippen molar-refractivity contribution in [1.29, 1.82) is 0 Å². The second-order valence-electron chi connectivity index (χ2n) is 20.4. The first kappa shape index (κ1) is 64.5. The van der Waals surface area contributed by atoms with Gasteiger partial charge in [-0.25, -0.2) is 4.98 Å². The highest BCUT2D eigenvalue weighted by atomic mass is 35.5. The molecule has 4 atom stereocenters. The molecule has 444 valence electrons. The zero-order valence-electron chi connectivity index (χ0n) is 46.6. The number of benzene rings is 2. The van der Waals surface area contributed by atoms with Crippen LogP contribution in [0.3, 0.4) is 0 Å². The van der Waals surface area contributed by atoms with E-state index in [9.17, 15) is 37.1 Å². The predicted molar refractivity (Wildman–Crippen MR) is 297 cm³/mol. The zero-order chi connectivity index (χ0) is 59.9. The maximum atomic E-state index is 14.4. The van der Waals surface area contributed by atoms with Crippen molar-refractivity contribution < 1.29 is 71.7 Å². The van der Waals surface area contributed by atoms with Gasteiger partial charge in [0.05, 0.1) is 80.8 Å². The number of fused-ring (bicyclic) bond motifs is 3. The molecule has 4 amide bonds. The summed E-state index contributed by atoms with van der Waals surface area (Å²) >= 11 is 9.45. The van der Waals surface area contributed by atoms with E-state index in [1.807, 2.05) is 87.7 Å². The Hall–Kier alpha value is -6.68. The Morgan fingerprint density at radius 3 is 2.15 bits per heavy atom. The van der Waals surface area contributed by atoms with E-state index in [4.69, 9.17) is 45.4 Å². The average Bonchev–Trinajstić information content (AvgIpc) is 2.65. The highest BCUT2D eigenvalue weighted by molar-refractivity contribution is 7.15. The van der Waals surface area contributed by atoms with Crippen LogP contribution in [-0.2, 0) is 54.3 Å². The number of carbonyl (C=O) groups excluding carboxylic acids is 6. The van der Waals surface area contributed by atoms with Crippen LogP contribution in [0, 0.1) is 33.1 Å². The van der Waals surface area contributed by atoms with E-state index in [-0.39, 0.29) is 84.4 Å². The molecule has 27 heteroatoms. The monoisotopic (exact) mass is 1200 g/mol. The second kappa shape index (κ2) is 29.5. The number of carboxylic acids is 1. The van der Waals surface area contributed by atoms with Crippen LogP contribution in [-0.4, -0.2) is 150 Å². The molecule has 5 heterocycles. The number of carbonyl (C=O) groups is 6. The van der Waals surface area contributed by atoms with Gasteiger partial charge in [0.1, 0.15) is 47.6 Å². The molecule has 0 unspecified atom stereocenters. The molecular weight excluding hydrogens is 1130 g/mol. The molecule has 3 aromatic heterocycles. The first-order chi connectivity index (χ1) is 38.9. The number of thiazole rings is 1. The molecular formula is C55H68ClF3N10O11S2. The van der Waals surface area contributed by atoms with E-state index >= 15 is 0 Å². The maximum Gasteiger partial charge on any atom is 0.430 e. The summed E-state index contributed by atoms with van der Waals surface area (Å²) in [6.45, 7) is 15.2. The smallest absolute Gasteiger partial charge is 0.430 e. The summed E-state index contributed by atoms with van der Waals surface area (Å²) in [6.07, 6.45) is -5.00. The van der Waals surface area contributed by atoms with Crippen molar-refractivity contribution in [2.75, 3.05) is 59.3 Å². The van der Waals surface area contributed by atoms with Crippen molar-refractivity contribution in [2.45, 2.75) is 111 Å². The Kier molecular flexibility index (Phi) is 23.2. The lowest BCUT2D eigenvalue weighted by atomic mass is 9.85. The third kappa shape index (κ3) is 17.7. The van der Waals surface area contributed by atoms with Gasteiger partial charge in [-0.3, -0.25) is 33.5 Å². The van der Waals surface area contributed by atoms with Crippen LogP contribution in [0.2, 0.25) is 5.02 Å². The normalized spacial score (nSPS) is 16.2. The number of esters is 1. The van der Waals surface area contributed by atoms with Crippen molar-refractivity contribution in [3.05, 3.63) is 104 Å². The van der Waals surface area contributed by atoms with Crippen molar-refractivity contribution in [1.82, 2.24) is 40.6 Å². The minimum Gasteiger partial charge on any atom is -0.542 e. The van der Waals surface area contributed by atoms with Crippen molar-refractivity contribution in [3.63, 3.8) is 0 Å². The molecule has 0 aliphatic carbocycles. The van der Waals surface area contributed by atoms with Crippen molar-refractivity contribution in [2.24, 2.45) is 10.4 Å². The second-order valence-corrected chi connectivity index (χ2v) is 22.9. The summed E-state index contributed by atoms with van der Waals surface area (Å²) in [5, 5.41) is 27.9.